The molecule has 0 radical (unpaired) electrons. The molecule has 82 valence electrons. The highest BCUT2D eigenvalue weighted by Crippen LogP contribution is 2.19. The molecular formula is C9H9N5OS. The molecular weight excluding hydrogens is 226 g/mol. The summed E-state index contributed by atoms with van der Waals surface area (Å²) in [6.07, 6.45) is 1.60. The van der Waals surface area contributed by atoms with E-state index >= 15 is 0 Å². The third-order valence-electron chi connectivity index (χ3n) is 1.85. The molecule has 2 aromatic rings. The second-order valence-corrected chi connectivity index (χ2v) is 4.40. The van der Waals surface area contributed by atoms with Gasteiger partial charge in [-0.3, -0.25) is 0 Å². The van der Waals surface area contributed by atoms with E-state index < -0.39 is 0 Å². The summed E-state index contributed by atoms with van der Waals surface area (Å²) in [4.78, 5) is 0. The van der Waals surface area contributed by atoms with Crippen molar-refractivity contribution in [3.8, 4) is 6.07 Å². The van der Waals surface area contributed by atoms with Gasteiger partial charge in [0.2, 0.25) is 5.16 Å². The fourth-order valence-electron chi connectivity index (χ4n) is 1.11. The van der Waals surface area contributed by atoms with Crippen molar-refractivity contribution >= 4 is 11.8 Å². The third-order valence-corrected chi connectivity index (χ3v) is 2.81. The molecule has 0 fully saturated rings. The predicted octanol–water partition coefficient (Wildman–Crippen LogP) is 1.32. The summed E-state index contributed by atoms with van der Waals surface area (Å²) < 4.78 is 6.81. The third kappa shape index (κ3) is 2.41. The van der Waals surface area contributed by atoms with Crippen LogP contribution in [0.4, 0.5) is 0 Å². The molecule has 0 amide bonds. The van der Waals surface area contributed by atoms with E-state index in [9.17, 15) is 0 Å². The average molecular weight is 235 g/mol. The molecule has 0 aliphatic rings. The highest BCUT2D eigenvalue weighted by Gasteiger charge is 2.12. The van der Waals surface area contributed by atoms with Gasteiger partial charge in [-0.05, 0) is 29.5 Å². The van der Waals surface area contributed by atoms with Gasteiger partial charge in [0.15, 0.2) is 0 Å². The quantitative estimate of drug-likeness (QED) is 0.743. The Kier molecular flexibility index (Phi) is 3.22. The molecule has 0 aliphatic heterocycles. The number of rotatable bonds is 4. The first-order valence-corrected chi connectivity index (χ1v) is 5.52. The van der Waals surface area contributed by atoms with Crippen LogP contribution in [0.15, 0.2) is 28.0 Å². The maximum absolute atomic E-state index is 8.71. The minimum absolute atomic E-state index is 0.179. The maximum atomic E-state index is 8.71. The van der Waals surface area contributed by atoms with Gasteiger partial charge in [-0.15, -0.1) is 5.10 Å². The lowest BCUT2D eigenvalue weighted by atomic mass is 10.4. The van der Waals surface area contributed by atoms with E-state index in [1.165, 1.54) is 11.8 Å². The Bertz CT molecular complexity index is 486. The maximum Gasteiger partial charge on any atom is 0.211 e. The average Bonchev–Trinajstić information content (AvgIpc) is 2.92. The van der Waals surface area contributed by atoms with Crippen molar-refractivity contribution in [1.29, 1.82) is 5.26 Å². The molecule has 0 aromatic carbocycles. The molecule has 16 heavy (non-hydrogen) atoms. The van der Waals surface area contributed by atoms with Crippen LogP contribution in [0.25, 0.3) is 0 Å². The van der Waals surface area contributed by atoms with Gasteiger partial charge in [-0.2, -0.15) is 5.26 Å². The summed E-state index contributed by atoms with van der Waals surface area (Å²) in [6, 6.07) is 5.78. The Morgan fingerprint density at radius 3 is 3.25 bits per heavy atom. The zero-order valence-corrected chi connectivity index (χ0v) is 9.39. The van der Waals surface area contributed by atoms with Crippen molar-refractivity contribution in [3.63, 3.8) is 0 Å². The van der Waals surface area contributed by atoms with E-state index in [4.69, 9.17) is 9.68 Å². The van der Waals surface area contributed by atoms with Crippen molar-refractivity contribution in [3.05, 3.63) is 24.2 Å². The number of thioether (sulfide) groups is 1. The summed E-state index contributed by atoms with van der Waals surface area (Å²) in [7, 11) is 0. The topological polar surface area (TPSA) is 80.5 Å². The number of hydrogen-bond donors (Lipinski definition) is 0. The summed E-state index contributed by atoms with van der Waals surface area (Å²) in [6.45, 7) is 2.27. The molecule has 1 atom stereocenters. The van der Waals surface area contributed by atoms with Crippen LogP contribution in [0.1, 0.15) is 12.7 Å². The lowest BCUT2D eigenvalue weighted by Gasteiger charge is -2.02. The molecule has 0 N–H and O–H groups in total. The second-order valence-electron chi connectivity index (χ2n) is 3.09. The standard InChI is InChI=1S/C9H9N5OS/c1-7(5-10)16-9-11-12-13-14(9)6-8-3-2-4-15-8/h2-4,7H,6H2,1H3. The minimum atomic E-state index is -0.179. The summed E-state index contributed by atoms with van der Waals surface area (Å²) in [5.41, 5.74) is 0. The van der Waals surface area contributed by atoms with E-state index in [2.05, 4.69) is 21.6 Å². The largest absolute Gasteiger partial charge is 0.467 e. The molecule has 6 nitrogen and oxygen atoms in total. The van der Waals surface area contributed by atoms with E-state index in [1.54, 1.807) is 17.9 Å². The van der Waals surface area contributed by atoms with Gasteiger partial charge in [0.25, 0.3) is 0 Å². The fourth-order valence-corrected chi connectivity index (χ4v) is 1.79. The molecule has 2 rings (SSSR count). The number of nitrogens with zero attached hydrogens (tertiary/aromatic N) is 5. The van der Waals surface area contributed by atoms with Crippen LogP contribution in [0, 0.1) is 11.3 Å². The second kappa shape index (κ2) is 4.81. The van der Waals surface area contributed by atoms with Gasteiger partial charge in [0, 0.05) is 0 Å². The van der Waals surface area contributed by atoms with Crippen LogP contribution in [0.2, 0.25) is 0 Å². The van der Waals surface area contributed by atoms with Crippen LogP contribution in [-0.2, 0) is 6.54 Å². The Hall–Kier alpha value is -1.81. The lowest BCUT2D eigenvalue weighted by Crippen LogP contribution is -2.04. The van der Waals surface area contributed by atoms with Gasteiger partial charge < -0.3 is 4.42 Å². The van der Waals surface area contributed by atoms with Crippen molar-refractivity contribution in [1.82, 2.24) is 20.2 Å². The first kappa shape index (κ1) is 10.7. The van der Waals surface area contributed by atoms with Gasteiger partial charge in [-0.25, -0.2) is 4.68 Å². The van der Waals surface area contributed by atoms with Gasteiger partial charge in [-0.1, -0.05) is 11.8 Å². The normalized spacial score (nSPS) is 12.2. The van der Waals surface area contributed by atoms with Crippen LogP contribution >= 0.6 is 11.8 Å². The van der Waals surface area contributed by atoms with Crippen LogP contribution in [-0.4, -0.2) is 25.5 Å². The zero-order valence-electron chi connectivity index (χ0n) is 8.57. The predicted molar refractivity (Wildman–Crippen MR) is 56.6 cm³/mol. The van der Waals surface area contributed by atoms with E-state index in [0.717, 1.165) is 5.76 Å². The zero-order chi connectivity index (χ0) is 11.4. The van der Waals surface area contributed by atoms with E-state index in [1.807, 2.05) is 12.1 Å². The van der Waals surface area contributed by atoms with Crippen molar-refractivity contribution in [2.75, 3.05) is 0 Å². The Labute approximate surface area is 96.2 Å². The van der Waals surface area contributed by atoms with Crippen molar-refractivity contribution in [2.24, 2.45) is 0 Å². The fraction of sp³-hybridized carbons (Fsp3) is 0.333. The highest BCUT2D eigenvalue weighted by molar-refractivity contribution is 8.00. The number of aromatic nitrogens is 4. The smallest absolute Gasteiger partial charge is 0.211 e. The molecule has 7 heteroatoms. The summed E-state index contributed by atoms with van der Waals surface area (Å²) >= 11 is 1.32. The molecule has 2 aromatic heterocycles. The first-order chi connectivity index (χ1) is 7.79. The molecule has 2 heterocycles. The Morgan fingerprint density at radius 1 is 1.69 bits per heavy atom. The number of hydrogen-bond acceptors (Lipinski definition) is 6. The molecule has 0 spiro atoms. The lowest BCUT2D eigenvalue weighted by molar-refractivity contribution is 0.462. The Balaban J connectivity index is 2.11. The minimum Gasteiger partial charge on any atom is -0.467 e. The molecule has 1 unspecified atom stereocenters. The molecule has 0 aliphatic carbocycles. The number of furan rings is 1. The molecule has 0 saturated heterocycles. The van der Waals surface area contributed by atoms with E-state index in [0.29, 0.717) is 11.7 Å². The van der Waals surface area contributed by atoms with E-state index in [-0.39, 0.29) is 5.25 Å². The SMILES string of the molecule is CC(C#N)Sc1nnnn1Cc1ccco1. The summed E-state index contributed by atoms with van der Waals surface area (Å²) in [5.74, 6) is 0.777. The summed E-state index contributed by atoms with van der Waals surface area (Å²) in [5, 5.41) is 20.4. The first-order valence-electron chi connectivity index (χ1n) is 4.64. The van der Waals surface area contributed by atoms with Crippen LogP contribution < -0.4 is 0 Å². The monoisotopic (exact) mass is 235 g/mol. The van der Waals surface area contributed by atoms with Crippen LogP contribution in [0.5, 0.6) is 0 Å². The van der Waals surface area contributed by atoms with Crippen molar-refractivity contribution in [2.45, 2.75) is 23.9 Å². The van der Waals surface area contributed by atoms with Crippen molar-refractivity contribution < 1.29 is 4.42 Å². The Morgan fingerprint density at radius 2 is 2.56 bits per heavy atom. The number of nitriles is 1. The van der Waals surface area contributed by atoms with Crippen LogP contribution in [0.3, 0.4) is 0 Å². The molecule has 0 saturated carbocycles. The van der Waals surface area contributed by atoms with Gasteiger partial charge in [0.1, 0.15) is 12.3 Å². The van der Waals surface area contributed by atoms with Gasteiger partial charge >= 0.3 is 0 Å². The molecule has 0 bridgehead atoms. The highest BCUT2D eigenvalue weighted by atomic mass is 32.2. The number of tetrazole rings is 1. The van der Waals surface area contributed by atoms with Gasteiger partial charge in [0.05, 0.1) is 17.6 Å².